The van der Waals surface area contributed by atoms with Gasteiger partial charge in [0.1, 0.15) is 0 Å². The van der Waals surface area contributed by atoms with E-state index in [4.69, 9.17) is 10.2 Å². The van der Waals surface area contributed by atoms with Gasteiger partial charge < -0.3 is 10.2 Å². The molecule has 6 nitrogen and oxygen atoms in total. The third-order valence-electron chi connectivity index (χ3n) is 2.32. The van der Waals surface area contributed by atoms with Gasteiger partial charge in [0.25, 0.3) is 0 Å². The number of rotatable bonds is 6. The van der Waals surface area contributed by atoms with Crippen molar-refractivity contribution in [2.45, 2.75) is 11.8 Å². The average molecular weight is 285 g/mol. The summed E-state index contributed by atoms with van der Waals surface area (Å²) >= 11 is 0. The first-order chi connectivity index (χ1) is 8.86. The van der Waals surface area contributed by atoms with E-state index < -0.39 is 16.0 Å². The topological polar surface area (TPSA) is 104 Å². The number of benzene rings is 1. The van der Waals surface area contributed by atoms with Gasteiger partial charge in [0.05, 0.1) is 11.5 Å². The van der Waals surface area contributed by atoms with E-state index in [-0.39, 0.29) is 18.0 Å². The molecule has 0 aromatic heterocycles. The molecule has 3 N–H and O–H groups in total. The van der Waals surface area contributed by atoms with E-state index in [0.29, 0.717) is 11.1 Å². The number of hydrogen-bond donors (Lipinski definition) is 3. The molecule has 7 heteroatoms. The van der Waals surface area contributed by atoms with Gasteiger partial charge in [-0.15, -0.1) is 0 Å². The molecule has 0 atom stereocenters. The van der Waals surface area contributed by atoms with Crippen LogP contribution >= 0.6 is 0 Å². The van der Waals surface area contributed by atoms with E-state index in [1.807, 2.05) is 0 Å². The van der Waals surface area contributed by atoms with Crippen LogP contribution in [0.25, 0.3) is 6.08 Å². The fraction of sp³-hybridized carbons (Fsp3) is 0.250. The standard InChI is InChI=1S/C12H15NO5S/c1-9-2-3-10(4-5-12(15)16)8-11(9)19(17,18)13-6-7-14/h2-5,8,13-14H,6-7H2,1H3,(H,15,16). The van der Waals surface area contributed by atoms with E-state index in [2.05, 4.69) is 4.72 Å². The third kappa shape index (κ3) is 4.47. The lowest BCUT2D eigenvalue weighted by Gasteiger charge is -2.09. The van der Waals surface area contributed by atoms with Crippen LogP contribution in [0.3, 0.4) is 0 Å². The molecule has 1 rings (SSSR count). The van der Waals surface area contributed by atoms with Crippen LogP contribution in [0.5, 0.6) is 0 Å². The van der Waals surface area contributed by atoms with Crippen LogP contribution in [-0.4, -0.2) is 37.8 Å². The summed E-state index contributed by atoms with van der Waals surface area (Å²) in [6.45, 7) is 1.27. The van der Waals surface area contributed by atoms with E-state index in [1.165, 1.54) is 12.1 Å². The molecule has 0 radical (unpaired) electrons. The molecule has 0 spiro atoms. The van der Waals surface area contributed by atoms with Crippen molar-refractivity contribution in [3.8, 4) is 0 Å². The van der Waals surface area contributed by atoms with Gasteiger partial charge in [-0.2, -0.15) is 0 Å². The Bertz CT molecular complexity index is 592. The van der Waals surface area contributed by atoms with Crippen molar-refractivity contribution < 1.29 is 23.4 Å². The maximum absolute atomic E-state index is 11.9. The predicted molar refractivity (Wildman–Crippen MR) is 70.1 cm³/mol. The fourth-order valence-corrected chi connectivity index (χ4v) is 2.73. The summed E-state index contributed by atoms with van der Waals surface area (Å²) in [7, 11) is -3.71. The molecule has 0 heterocycles. The van der Waals surface area contributed by atoms with Crippen molar-refractivity contribution >= 4 is 22.1 Å². The van der Waals surface area contributed by atoms with Gasteiger partial charge in [-0.25, -0.2) is 17.9 Å². The molecule has 1 aromatic rings. The fourth-order valence-electron chi connectivity index (χ4n) is 1.44. The second-order valence-corrected chi connectivity index (χ2v) is 5.55. The number of carboxylic acid groups (broad SMARTS) is 1. The van der Waals surface area contributed by atoms with Gasteiger partial charge in [0, 0.05) is 12.6 Å². The second-order valence-electron chi connectivity index (χ2n) is 3.82. The summed E-state index contributed by atoms with van der Waals surface area (Å²) in [5.41, 5.74) is 1.01. The molecular formula is C12H15NO5S. The minimum atomic E-state index is -3.71. The lowest BCUT2D eigenvalue weighted by atomic mass is 10.1. The molecule has 0 aliphatic rings. The van der Waals surface area contributed by atoms with Crippen LogP contribution in [0.4, 0.5) is 0 Å². The van der Waals surface area contributed by atoms with Crippen LogP contribution < -0.4 is 4.72 Å². The lowest BCUT2D eigenvalue weighted by Crippen LogP contribution is -2.27. The van der Waals surface area contributed by atoms with Crippen molar-refractivity contribution in [2.24, 2.45) is 0 Å². The highest BCUT2D eigenvalue weighted by atomic mass is 32.2. The van der Waals surface area contributed by atoms with Gasteiger partial charge in [-0.1, -0.05) is 12.1 Å². The summed E-state index contributed by atoms with van der Waals surface area (Å²) in [5, 5.41) is 17.2. The number of aliphatic carboxylic acids is 1. The van der Waals surface area contributed by atoms with Gasteiger partial charge >= 0.3 is 5.97 Å². The maximum Gasteiger partial charge on any atom is 0.328 e. The summed E-state index contributed by atoms with van der Waals surface area (Å²) in [6.07, 6.45) is 2.25. The number of aryl methyl sites for hydroxylation is 1. The first-order valence-electron chi connectivity index (χ1n) is 5.49. The van der Waals surface area contributed by atoms with Gasteiger partial charge in [-0.05, 0) is 30.2 Å². The SMILES string of the molecule is Cc1ccc(C=CC(=O)O)cc1S(=O)(=O)NCCO. The number of nitrogens with one attached hydrogen (secondary N) is 1. The van der Waals surface area contributed by atoms with Crippen molar-refractivity contribution in [1.82, 2.24) is 4.72 Å². The molecule has 0 saturated heterocycles. The Labute approximate surface area is 111 Å². The van der Waals surface area contributed by atoms with Gasteiger partial charge in [0.2, 0.25) is 10.0 Å². The Hall–Kier alpha value is -1.70. The van der Waals surface area contributed by atoms with E-state index in [1.54, 1.807) is 19.1 Å². The third-order valence-corrected chi connectivity index (χ3v) is 3.93. The van der Waals surface area contributed by atoms with E-state index in [9.17, 15) is 13.2 Å². The van der Waals surface area contributed by atoms with Crippen molar-refractivity contribution in [3.05, 3.63) is 35.4 Å². The predicted octanol–water partition coefficient (Wildman–Crippen LogP) is 0.363. The van der Waals surface area contributed by atoms with Crippen molar-refractivity contribution in [3.63, 3.8) is 0 Å². The Morgan fingerprint density at radius 2 is 2.11 bits per heavy atom. The molecule has 0 unspecified atom stereocenters. The molecule has 0 saturated carbocycles. The zero-order valence-corrected chi connectivity index (χ0v) is 11.1. The monoisotopic (exact) mass is 285 g/mol. The first kappa shape index (κ1) is 15.4. The summed E-state index contributed by atoms with van der Waals surface area (Å²) in [4.78, 5) is 10.5. The quantitative estimate of drug-likeness (QED) is 0.655. The molecule has 0 amide bonds. The van der Waals surface area contributed by atoms with Crippen LogP contribution in [-0.2, 0) is 14.8 Å². The number of hydrogen-bond acceptors (Lipinski definition) is 4. The summed E-state index contributed by atoms with van der Waals surface area (Å²) in [6, 6.07) is 4.60. The molecule has 0 fully saturated rings. The highest BCUT2D eigenvalue weighted by Gasteiger charge is 2.16. The maximum atomic E-state index is 11.9. The molecule has 0 aliphatic heterocycles. The molecule has 0 bridgehead atoms. The Morgan fingerprint density at radius 3 is 2.68 bits per heavy atom. The number of sulfonamides is 1. The number of aliphatic hydroxyl groups excluding tert-OH is 1. The molecule has 104 valence electrons. The number of carboxylic acids is 1. The number of carbonyl (C=O) groups is 1. The van der Waals surface area contributed by atoms with Crippen LogP contribution in [0.15, 0.2) is 29.2 Å². The molecule has 1 aromatic carbocycles. The van der Waals surface area contributed by atoms with Crippen LogP contribution in [0.2, 0.25) is 0 Å². The van der Waals surface area contributed by atoms with Gasteiger partial charge in [0.15, 0.2) is 0 Å². The minimum Gasteiger partial charge on any atom is -0.478 e. The molecule has 0 aliphatic carbocycles. The number of aliphatic hydroxyl groups is 1. The molecular weight excluding hydrogens is 270 g/mol. The Kier molecular flexibility index (Phi) is 5.22. The second kappa shape index (κ2) is 6.46. The minimum absolute atomic E-state index is 0.0634. The van der Waals surface area contributed by atoms with Crippen molar-refractivity contribution in [1.29, 1.82) is 0 Å². The zero-order chi connectivity index (χ0) is 14.5. The average Bonchev–Trinajstić information content (AvgIpc) is 2.35. The zero-order valence-electron chi connectivity index (χ0n) is 10.3. The normalized spacial score (nSPS) is 11.9. The summed E-state index contributed by atoms with van der Waals surface area (Å²) in [5.74, 6) is -1.11. The first-order valence-corrected chi connectivity index (χ1v) is 6.97. The van der Waals surface area contributed by atoms with Crippen LogP contribution in [0.1, 0.15) is 11.1 Å². The highest BCUT2D eigenvalue weighted by molar-refractivity contribution is 7.89. The van der Waals surface area contributed by atoms with E-state index in [0.717, 1.165) is 6.08 Å². The Balaban J connectivity index is 3.13. The smallest absolute Gasteiger partial charge is 0.328 e. The molecule has 19 heavy (non-hydrogen) atoms. The highest BCUT2D eigenvalue weighted by Crippen LogP contribution is 2.17. The lowest BCUT2D eigenvalue weighted by molar-refractivity contribution is -0.131. The van der Waals surface area contributed by atoms with Gasteiger partial charge in [-0.3, -0.25) is 0 Å². The van der Waals surface area contributed by atoms with E-state index >= 15 is 0 Å². The van der Waals surface area contributed by atoms with Crippen LogP contribution in [0, 0.1) is 6.92 Å². The summed E-state index contributed by atoms with van der Waals surface area (Å²) < 4.78 is 26.1. The largest absolute Gasteiger partial charge is 0.478 e. The van der Waals surface area contributed by atoms with Crippen molar-refractivity contribution in [2.75, 3.05) is 13.2 Å². The Morgan fingerprint density at radius 1 is 1.42 bits per heavy atom.